The van der Waals surface area contributed by atoms with Crippen LogP contribution in [0.5, 0.6) is 0 Å². The minimum absolute atomic E-state index is 0.0182. The molecule has 11 nitrogen and oxygen atoms in total. The van der Waals surface area contributed by atoms with E-state index in [4.69, 9.17) is 16.0 Å². The van der Waals surface area contributed by atoms with Crippen molar-refractivity contribution in [1.29, 1.82) is 0 Å². The number of oxazole rings is 1. The molecule has 2 amide bonds. The third-order valence-electron chi connectivity index (χ3n) is 5.29. The van der Waals surface area contributed by atoms with Crippen molar-refractivity contribution in [3.05, 3.63) is 80.9 Å². The van der Waals surface area contributed by atoms with Crippen LogP contribution in [0.1, 0.15) is 26.4 Å². The predicted molar refractivity (Wildman–Crippen MR) is 124 cm³/mol. The number of rotatable bonds is 5. The summed E-state index contributed by atoms with van der Waals surface area (Å²) in [6.07, 6.45) is 1.17. The molecule has 2 aromatic carbocycles. The first kappa shape index (κ1) is 22.2. The Morgan fingerprint density at radius 2 is 2.00 bits per heavy atom. The van der Waals surface area contributed by atoms with Crippen molar-refractivity contribution in [3.8, 4) is 0 Å². The summed E-state index contributed by atoms with van der Waals surface area (Å²) in [6.45, 7) is 0.155. The fraction of sp³-hybridized carbons (Fsp3) is 0.0909. The Bertz CT molecular complexity index is 1690. The number of hydrogen-bond donors (Lipinski definition) is 3. The first-order chi connectivity index (χ1) is 16.8. The van der Waals surface area contributed by atoms with Gasteiger partial charge in [0.05, 0.1) is 10.5 Å². The summed E-state index contributed by atoms with van der Waals surface area (Å²) in [5.74, 6) is -2.16. The molecule has 3 N–H and O–H groups in total. The maximum Gasteiger partial charge on any atom is 0.419 e. The lowest BCUT2D eigenvalue weighted by Crippen LogP contribution is -2.24. The number of aryl methyl sites for hydroxylation is 1. The highest BCUT2D eigenvalue weighted by Gasteiger charge is 2.19. The Labute approximate surface area is 199 Å². The minimum atomic E-state index is -0.648. The second-order valence-corrected chi connectivity index (χ2v) is 7.92. The Morgan fingerprint density at radius 3 is 2.80 bits per heavy atom. The molecule has 0 atom stereocenters. The molecule has 5 aromatic rings. The molecule has 5 rings (SSSR count). The Kier molecular flexibility index (Phi) is 5.49. The van der Waals surface area contributed by atoms with Gasteiger partial charge in [-0.15, -0.1) is 0 Å². The number of aromatic amines is 1. The molecule has 3 heterocycles. The van der Waals surface area contributed by atoms with Gasteiger partial charge >= 0.3 is 5.76 Å². The lowest BCUT2D eigenvalue weighted by molar-refractivity contribution is 0.0946. The summed E-state index contributed by atoms with van der Waals surface area (Å²) in [6, 6.07) is 8.66. The molecule has 0 aliphatic carbocycles. The van der Waals surface area contributed by atoms with Gasteiger partial charge in [-0.1, -0.05) is 17.7 Å². The van der Waals surface area contributed by atoms with Crippen LogP contribution in [0.15, 0.2) is 51.9 Å². The molecule has 35 heavy (non-hydrogen) atoms. The van der Waals surface area contributed by atoms with E-state index in [2.05, 4.69) is 30.8 Å². The largest absolute Gasteiger partial charge is 0.419 e. The summed E-state index contributed by atoms with van der Waals surface area (Å²) < 4.78 is 19.8. The van der Waals surface area contributed by atoms with Crippen molar-refractivity contribution in [2.75, 3.05) is 5.32 Å². The van der Waals surface area contributed by atoms with Gasteiger partial charge in [-0.25, -0.2) is 19.2 Å². The van der Waals surface area contributed by atoms with E-state index >= 15 is 0 Å². The highest BCUT2D eigenvalue weighted by Crippen LogP contribution is 2.22. The van der Waals surface area contributed by atoms with Crippen LogP contribution in [0.4, 0.5) is 10.2 Å². The van der Waals surface area contributed by atoms with Gasteiger partial charge < -0.3 is 15.1 Å². The first-order valence-corrected chi connectivity index (χ1v) is 10.5. The van der Waals surface area contributed by atoms with Crippen molar-refractivity contribution < 1.29 is 18.4 Å². The van der Waals surface area contributed by atoms with Gasteiger partial charge in [0.2, 0.25) is 0 Å². The highest BCUT2D eigenvalue weighted by atomic mass is 35.5. The van der Waals surface area contributed by atoms with Crippen molar-refractivity contribution in [2.45, 2.75) is 6.54 Å². The smallest absolute Gasteiger partial charge is 0.408 e. The van der Waals surface area contributed by atoms with Gasteiger partial charge in [0.15, 0.2) is 17.1 Å². The van der Waals surface area contributed by atoms with Crippen LogP contribution in [0.25, 0.3) is 22.1 Å². The van der Waals surface area contributed by atoms with E-state index in [1.165, 1.54) is 23.0 Å². The number of benzene rings is 2. The lowest BCUT2D eigenvalue weighted by atomic mass is 10.2. The molecule has 0 unspecified atom stereocenters. The van der Waals surface area contributed by atoms with Gasteiger partial charge in [0.1, 0.15) is 23.2 Å². The van der Waals surface area contributed by atoms with E-state index in [1.54, 1.807) is 25.2 Å². The minimum Gasteiger partial charge on any atom is -0.408 e. The zero-order valence-electron chi connectivity index (χ0n) is 17.9. The van der Waals surface area contributed by atoms with Gasteiger partial charge in [0.25, 0.3) is 11.8 Å². The van der Waals surface area contributed by atoms with E-state index in [9.17, 15) is 18.8 Å². The lowest BCUT2D eigenvalue weighted by Gasteiger charge is -2.06. The van der Waals surface area contributed by atoms with Crippen molar-refractivity contribution in [3.63, 3.8) is 0 Å². The molecule has 0 radical (unpaired) electrons. The van der Waals surface area contributed by atoms with Crippen LogP contribution in [0, 0.1) is 5.82 Å². The number of nitrogens with one attached hydrogen (secondary N) is 3. The number of carbonyl (C=O) groups is 2. The second-order valence-electron chi connectivity index (χ2n) is 7.51. The fourth-order valence-electron chi connectivity index (χ4n) is 3.46. The molecule has 0 fully saturated rings. The molecule has 0 bridgehead atoms. The van der Waals surface area contributed by atoms with E-state index in [-0.39, 0.29) is 39.7 Å². The molecule has 13 heteroatoms. The summed E-state index contributed by atoms with van der Waals surface area (Å²) in [5.41, 5.74) is 2.34. The quantitative estimate of drug-likeness (QED) is 0.339. The average molecular weight is 496 g/mol. The van der Waals surface area contributed by atoms with Gasteiger partial charge in [-0.05, 0) is 35.9 Å². The summed E-state index contributed by atoms with van der Waals surface area (Å²) in [4.78, 5) is 45.1. The summed E-state index contributed by atoms with van der Waals surface area (Å²) in [7, 11) is 1.59. The maximum absolute atomic E-state index is 13.4. The van der Waals surface area contributed by atoms with Gasteiger partial charge in [0, 0.05) is 19.2 Å². The number of carbonyl (C=O) groups excluding carboxylic acids is 2. The van der Waals surface area contributed by atoms with Crippen LogP contribution in [0.2, 0.25) is 5.02 Å². The summed E-state index contributed by atoms with van der Waals surface area (Å²) >= 11 is 5.74. The Morgan fingerprint density at radius 1 is 1.17 bits per heavy atom. The zero-order chi connectivity index (χ0) is 24.7. The number of anilines is 1. The third kappa shape index (κ3) is 4.10. The number of nitrogens with zero attached hydrogens (tertiary/aromatic N) is 4. The zero-order valence-corrected chi connectivity index (χ0v) is 18.7. The third-order valence-corrected chi connectivity index (χ3v) is 5.58. The number of fused-ring (bicyclic) bond motifs is 2. The number of aromatic nitrogens is 5. The number of halogens is 2. The predicted octanol–water partition coefficient (Wildman–Crippen LogP) is 2.77. The molecule has 176 valence electrons. The monoisotopic (exact) mass is 495 g/mol. The van der Waals surface area contributed by atoms with Crippen molar-refractivity contribution >= 4 is 51.4 Å². The van der Waals surface area contributed by atoms with Crippen LogP contribution in [0.3, 0.4) is 0 Å². The second kappa shape index (κ2) is 8.65. The molecule has 0 saturated heterocycles. The molecule has 0 spiro atoms. The molecule has 0 aliphatic heterocycles. The van der Waals surface area contributed by atoms with Gasteiger partial charge in [-0.2, -0.15) is 5.10 Å². The van der Waals surface area contributed by atoms with E-state index in [0.717, 1.165) is 11.6 Å². The first-order valence-electron chi connectivity index (χ1n) is 10.1. The molecule has 0 saturated carbocycles. The number of hydrogen-bond acceptors (Lipinski definition) is 7. The normalized spacial score (nSPS) is 11.2. The standard InChI is InChI=1S/C22H15ClFN7O4/c1-31-14-6-10(2-5-15(14)35-22(31)34)8-25-21(33)18-16-17(26-9-27-18)19(30-29-16)28-20(32)11-3-4-13(24)12(23)7-11/h2-7,9H,8H2,1H3,(H,25,33)(H2,28,29,30,32). The number of H-pyrrole nitrogens is 1. The molecule has 0 aliphatic rings. The Hall–Kier alpha value is -4.58. The van der Waals surface area contributed by atoms with Crippen molar-refractivity contribution in [2.24, 2.45) is 7.05 Å². The molecular weight excluding hydrogens is 481 g/mol. The SMILES string of the molecule is Cn1c(=O)oc2ccc(CNC(=O)c3ncnc4c(NC(=O)c5ccc(F)c(Cl)c5)n[nH]c34)cc21. The van der Waals surface area contributed by atoms with E-state index in [1.807, 2.05) is 0 Å². The highest BCUT2D eigenvalue weighted by molar-refractivity contribution is 6.31. The number of amides is 2. The summed E-state index contributed by atoms with van der Waals surface area (Å²) in [5, 5.41) is 11.8. The fourth-order valence-corrected chi connectivity index (χ4v) is 3.64. The van der Waals surface area contributed by atoms with Gasteiger partial charge in [-0.3, -0.25) is 19.3 Å². The van der Waals surface area contributed by atoms with E-state index < -0.39 is 23.4 Å². The maximum atomic E-state index is 13.4. The van der Waals surface area contributed by atoms with Crippen molar-refractivity contribution in [1.82, 2.24) is 30.0 Å². The van der Waals surface area contributed by atoms with Crippen LogP contribution < -0.4 is 16.4 Å². The average Bonchev–Trinajstić information content (AvgIpc) is 3.39. The molecular formula is C22H15ClFN7O4. The van der Waals surface area contributed by atoms with Crippen LogP contribution >= 0.6 is 11.6 Å². The topological polar surface area (TPSA) is 148 Å². The molecule has 3 aromatic heterocycles. The van der Waals surface area contributed by atoms with Crippen LogP contribution in [-0.2, 0) is 13.6 Å². The Balaban J connectivity index is 1.35. The van der Waals surface area contributed by atoms with Crippen LogP contribution in [-0.4, -0.2) is 36.5 Å². The van der Waals surface area contributed by atoms with E-state index in [0.29, 0.717) is 11.1 Å².